The van der Waals surface area contributed by atoms with Crippen molar-refractivity contribution in [3.05, 3.63) is 120 Å². The molecule has 3 N–H and O–H groups in total. The highest BCUT2D eigenvalue weighted by Gasteiger charge is 2.32. The number of rotatable bonds is 10. The summed E-state index contributed by atoms with van der Waals surface area (Å²) in [6.45, 7) is 1.97. The number of benzene rings is 3. The van der Waals surface area contributed by atoms with E-state index in [-0.39, 0.29) is 30.4 Å². The largest absolute Gasteiger partial charge is 0.478 e. The van der Waals surface area contributed by atoms with Gasteiger partial charge in [0.25, 0.3) is 0 Å². The monoisotopic (exact) mass is 551 g/mol. The summed E-state index contributed by atoms with van der Waals surface area (Å²) in [4.78, 5) is 41.6. The fourth-order valence-corrected chi connectivity index (χ4v) is 4.91. The third-order valence-electron chi connectivity index (χ3n) is 6.98. The van der Waals surface area contributed by atoms with Crippen molar-refractivity contribution < 1.29 is 29.0 Å². The fraction of sp³-hybridized carbons (Fsp3) is 0.188. The highest BCUT2D eigenvalue weighted by molar-refractivity contribution is 5.98. The van der Waals surface area contributed by atoms with Crippen LogP contribution in [0.4, 0.5) is 10.5 Å². The molecule has 2 atom stereocenters. The van der Waals surface area contributed by atoms with Crippen LogP contribution in [-0.4, -0.2) is 46.8 Å². The summed E-state index contributed by atoms with van der Waals surface area (Å²) < 4.78 is 11.6. The van der Waals surface area contributed by atoms with Crippen LogP contribution in [-0.2, 0) is 20.9 Å². The molecule has 0 saturated heterocycles. The molecule has 1 aliphatic carbocycles. The maximum atomic E-state index is 13.3. The zero-order chi connectivity index (χ0) is 28.8. The number of aromatic carboxylic acids is 1. The number of carbonyl (C=O) groups is 3. The van der Waals surface area contributed by atoms with Gasteiger partial charge in [0.1, 0.15) is 12.6 Å². The highest BCUT2D eigenvalue weighted by Crippen LogP contribution is 2.44. The third-order valence-corrected chi connectivity index (χ3v) is 6.98. The Labute approximate surface area is 237 Å². The van der Waals surface area contributed by atoms with Crippen LogP contribution < -0.4 is 10.6 Å². The number of fused-ring (bicyclic) bond motifs is 3. The van der Waals surface area contributed by atoms with Gasteiger partial charge in [-0.3, -0.25) is 9.78 Å². The topological polar surface area (TPSA) is 127 Å². The number of aromatic nitrogens is 1. The fourth-order valence-electron chi connectivity index (χ4n) is 4.91. The normalized spacial score (nSPS) is 13.4. The molecular formula is C32H29N3O6. The Balaban J connectivity index is 1.29. The van der Waals surface area contributed by atoms with Crippen LogP contribution in [0.25, 0.3) is 11.1 Å². The average molecular weight is 552 g/mol. The number of nitrogens with one attached hydrogen (secondary N) is 2. The predicted molar refractivity (Wildman–Crippen MR) is 153 cm³/mol. The standard InChI is InChI=1S/C32H29N3O6/c1-20(40-18-21-9-3-2-4-10-21)29(30(36)34-23-15-22(31(37)38)16-33-17-23)35-32(39)41-19-28-26-13-7-5-11-24(26)25-12-6-8-14-27(25)28/h2-17,20,28-29H,18-19H2,1H3,(H,34,36)(H,35,39)(H,37,38)/t20-,29+/m0/s1. The summed E-state index contributed by atoms with van der Waals surface area (Å²) in [5, 5.41) is 14.5. The Morgan fingerprint density at radius 1 is 0.902 bits per heavy atom. The lowest BCUT2D eigenvalue weighted by atomic mass is 9.98. The lowest BCUT2D eigenvalue weighted by Crippen LogP contribution is -2.51. The van der Waals surface area contributed by atoms with Crippen molar-refractivity contribution in [2.24, 2.45) is 0 Å². The summed E-state index contributed by atoms with van der Waals surface area (Å²) in [6, 6.07) is 25.6. The van der Waals surface area contributed by atoms with Gasteiger partial charge in [0.2, 0.25) is 5.91 Å². The van der Waals surface area contributed by atoms with Gasteiger partial charge in [-0.05, 0) is 40.8 Å². The first kappa shape index (κ1) is 27.5. The van der Waals surface area contributed by atoms with Gasteiger partial charge >= 0.3 is 12.1 Å². The lowest BCUT2D eigenvalue weighted by Gasteiger charge is -2.25. The van der Waals surface area contributed by atoms with Crippen molar-refractivity contribution in [1.29, 1.82) is 0 Å². The van der Waals surface area contributed by atoms with E-state index in [9.17, 15) is 19.5 Å². The van der Waals surface area contributed by atoms with E-state index in [1.807, 2.05) is 66.7 Å². The zero-order valence-corrected chi connectivity index (χ0v) is 22.3. The van der Waals surface area contributed by atoms with Gasteiger partial charge in [-0.1, -0.05) is 78.9 Å². The minimum Gasteiger partial charge on any atom is -0.478 e. The van der Waals surface area contributed by atoms with Crippen LogP contribution >= 0.6 is 0 Å². The van der Waals surface area contributed by atoms with Gasteiger partial charge in [0.05, 0.1) is 30.2 Å². The van der Waals surface area contributed by atoms with Crippen molar-refractivity contribution in [3.63, 3.8) is 0 Å². The van der Waals surface area contributed by atoms with E-state index in [2.05, 4.69) is 27.8 Å². The second-order valence-corrected chi connectivity index (χ2v) is 9.71. The molecule has 208 valence electrons. The van der Waals surface area contributed by atoms with Crippen molar-refractivity contribution in [2.75, 3.05) is 11.9 Å². The minimum atomic E-state index is -1.18. The number of nitrogens with zero attached hydrogens (tertiary/aromatic N) is 1. The molecule has 0 saturated carbocycles. The Hall–Kier alpha value is -5.02. The number of hydrogen-bond donors (Lipinski definition) is 3. The van der Waals surface area contributed by atoms with Gasteiger partial charge in [-0.2, -0.15) is 0 Å². The molecule has 2 amide bonds. The maximum Gasteiger partial charge on any atom is 0.407 e. The molecule has 4 aromatic rings. The van der Waals surface area contributed by atoms with E-state index in [1.165, 1.54) is 18.5 Å². The Kier molecular flexibility index (Phi) is 8.36. The number of amides is 2. The first-order valence-corrected chi connectivity index (χ1v) is 13.2. The molecule has 0 bridgehead atoms. The van der Waals surface area contributed by atoms with E-state index >= 15 is 0 Å². The molecule has 3 aromatic carbocycles. The number of carbonyl (C=O) groups excluding carboxylic acids is 2. The maximum absolute atomic E-state index is 13.3. The van der Waals surface area contributed by atoms with Crippen LogP contribution in [0.5, 0.6) is 0 Å². The number of pyridine rings is 1. The van der Waals surface area contributed by atoms with E-state index in [4.69, 9.17) is 9.47 Å². The second-order valence-electron chi connectivity index (χ2n) is 9.71. The zero-order valence-electron chi connectivity index (χ0n) is 22.3. The van der Waals surface area contributed by atoms with Gasteiger partial charge < -0.3 is 25.2 Å². The summed E-state index contributed by atoms with van der Waals surface area (Å²) in [5.41, 5.74) is 5.34. The molecule has 1 aromatic heterocycles. The molecule has 1 aliphatic rings. The van der Waals surface area contributed by atoms with Crippen LogP contribution in [0.2, 0.25) is 0 Å². The smallest absolute Gasteiger partial charge is 0.407 e. The number of ether oxygens (including phenoxy) is 2. The summed E-state index contributed by atoms with van der Waals surface area (Å²) in [5.74, 6) is -1.93. The van der Waals surface area contributed by atoms with Crippen molar-refractivity contribution in [1.82, 2.24) is 10.3 Å². The van der Waals surface area contributed by atoms with Crippen molar-refractivity contribution in [3.8, 4) is 11.1 Å². The molecule has 0 unspecified atom stereocenters. The number of hydrogen-bond acceptors (Lipinski definition) is 6. The average Bonchev–Trinajstić information content (AvgIpc) is 3.31. The van der Waals surface area contributed by atoms with Crippen LogP contribution in [0, 0.1) is 0 Å². The van der Waals surface area contributed by atoms with E-state index < -0.39 is 30.1 Å². The number of carboxylic acids is 1. The van der Waals surface area contributed by atoms with E-state index in [1.54, 1.807) is 6.92 Å². The van der Waals surface area contributed by atoms with Crippen molar-refractivity contribution >= 4 is 23.7 Å². The Bertz CT molecular complexity index is 1510. The Morgan fingerprint density at radius 3 is 2.20 bits per heavy atom. The summed E-state index contributed by atoms with van der Waals surface area (Å²) in [6.07, 6.45) is 0.964. The van der Waals surface area contributed by atoms with Crippen LogP contribution in [0.3, 0.4) is 0 Å². The van der Waals surface area contributed by atoms with E-state index in [0.29, 0.717) is 0 Å². The summed E-state index contributed by atoms with van der Waals surface area (Å²) in [7, 11) is 0. The predicted octanol–water partition coefficient (Wildman–Crippen LogP) is 5.23. The molecular weight excluding hydrogens is 522 g/mol. The summed E-state index contributed by atoms with van der Waals surface area (Å²) >= 11 is 0. The first-order chi connectivity index (χ1) is 19.9. The molecule has 9 heteroatoms. The second kappa shape index (κ2) is 12.4. The third kappa shape index (κ3) is 6.42. The molecule has 5 rings (SSSR count). The van der Waals surface area contributed by atoms with Gasteiger partial charge in [0, 0.05) is 12.1 Å². The molecule has 0 aliphatic heterocycles. The lowest BCUT2D eigenvalue weighted by molar-refractivity contribution is -0.121. The van der Waals surface area contributed by atoms with Crippen LogP contribution in [0.15, 0.2) is 97.3 Å². The molecule has 1 heterocycles. The number of anilines is 1. The van der Waals surface area contributed by atoms with Gasteiger partial charge in [-0.25, -0.2) is 9.59 Å². The number of alkyl carbamates (subject to hydrolysis) is 1. The molecule has 0 fully saturated rings. The van der Waals surface area contributed by atoms with Gasteiger partial charge in [-0.15, -0.1) is 0 Å². The minimum absolute atomic E-state index is 0.0814. The quantitative estimate of drug-likeness (QED) is 0.246. The molecule has 0 radical (unpaired) electrons. The molecule has 9 nitrogen and oxygen atoms in total. The van der Waals surface area contributed by atoms with E-state index in [0.717, 1.165) is 27.8 Å². The van der Waals surface area contributed by atoms with Gasteiger partial charge in [0.15, 0.2) is 0 Å². The molecule has 41 heavy (non-hydrogen) atoms. The Morgan fingerprint density at radius 2 is 1.54 bits per heavy atom. The SMILES string of the molecule is C[C@H](OCc1ccccc1)[C@@H](NC(=O)OCC1c2ccccc2-c2ccccc21)C(=O)Nc1cncc(C(=O)O)c1. The van der Waals surface area contributed by atoms with Crippen LogP contribution in [0.1, 0.15) is 39.9 Å². The number of carboxylic acid groups (broad SMARTS) is 1. The van der Waals surface area contributed by atoms with Crippen molar-refractivity contribution in [2.45, 2.75) is 31.6 Å². The molecule has 0 spiro atoms. The first-order valence-electron chi connectivity index (χ1n) is 13.2. The highest BCUT2D eigenvalue weighted by atomic mass is 16.5.